The zero-order valence-electron chi connectivity index (χ0n) is 6.38. The average Bonchev–Trinajstić information content (AvgIpc) is 2.31. The molecule has 2 nitrogen and oxygen atoms in total. The molecule has 0 fully saturated rings. The third kappa shape index (κ3) is 1.10. The largest absolute Gasteiger partial charge is 0.331 e. The highest BCUT2D eigenvalue weighted by atomic mass is 127. The third-order valence-electron chi connectivity index (χ3n) is 1.73. The van der Waals surface area contributed by atoms with E-state index in [1.165, 1.54) is 6.07 Å². The lowest BCUT2D eigenvalue weighted by Crippen LogP contribution is -1.88. The Morgan fingerprint density at radius 3 is 3.00 bits per heavy atom. The minimum Gasteiger partial charge on any atom is -0.331 e. The van der Waals surface area contributed by atoms with Gasteiger partial charge in [-0.05, 0) is 34.7 Å². The van der Waals surface area contributed by atoms with Crippen LogP contribution in [0.15, 0.2) is 18.5 Å². The van der Waals surface area contributed by atoms with Crippen molar-refractivity contribution in [3.8, 4) is 0 Å². The van der Waals surface area contributed by atoms with Gasteiger partial charge in [0, 0.05) is 10.6 Å². The summed E-state index contributed by atoms with van der Waals surface area (Å²) in [4.78, 5) is 4.06. The molecule has 0 spiro atoms. The molecule has 12 heavy (non-hydrogen) atoms. The van der Waals surface area contributed by atoms with E-state index in [9.17, 15) is 4.39 Å². The van der Waals surface area contributed by atoms with E-state index in [2.05, 4.69) is 27.6 Å². The number of fused-ring (bicyclic) bond motifs is 1. The molecule has 62 valence electrons. The molecule has 0 aliphatic carbocycles. The van der Waals surface area contributed by atoms with Crippen LogP contribution >= 0.6 is 22.6 Å². The van der Waals surface area contributed by atoms with E-state index < -0.39 is 0 Å². The molecule has 0 aliphatic rings. The number of halogens is 2. The Labute approximate surface area is 82.5 Å². The van der Waals surface area contributed by atoms with E-state index in [1.54, 1.807) is 17.9 Å². The summed E-state index contributed by atoms with van der Waals surface area (Å²) in [7, 11) is 1.78. The van der Waals surface area contributed by atoms with E-state index in [1.807, 2.05) is 6.07 Å². The number of aryl methyl sites for hydroxylation is 1. The number of benzene rings is 1. The summed E-state index contributed by atoms with van der Waals surface area (Å²) in [6.45, 7) is 0. The molecule has 1 aromatic carbocycles. The first-order valence-electron chi connectivity index (χ1n) is 3.44. The number of imidazole rings is 1. The number of aromatic nitrogens is 2. The van der Waals surface area contributed by atoms with Crippen LogP contribution in [0.2, 0.25) is 0 Å². The fourth-order valence-corrected chi connectivity index (χ4v) is 1.77. The highest BCUT2D eigenvalue weighted by molar-refractivity contribution is 14.1. The first-order chi connectivity index (χ1) is 5.68. The molecule has 2 rings (SSSR count). The van der Waals surface area contributed by atoms with Gasteiger partial charge in [0.25, 0.3) is 0 Å². The topological polar surface area (TPSA) is 17.8 Å². The summed E-state index contributed by atoms with van der Waals surface area (Å²) in [5.74, 6) is -0.211. The zero-order valence-corrected chi connectivity index (χ0v) is 8.54. The molecule has 0 aliphatic heterocycles. The van der Waals surface area contributed by atoms with Crippen molar-refractivity contribution >= 4 is 33.6 Å². The van der Waals surface area contributed by atoms with Gasteiger partial charge < -0.3 is 4.57 Å². The number of hydrogen-bond donors (Lipinski definition) is 0. The molecule has 1 heterocycles. The third-order valence-corrected chi connectivity index (χ3v) is 2.35. The Morgan fingerprint density at radius 2 is 2.25 bits per heavy atom. The summed E-state index contributed by atoms with van der Waals surface area (Å²) >= 11 is 2.07. The van der Waals surface area contributed by atoms with E-state index in [0.29, 0.717) is 11.0 Å². The quantitative estimate of drug-likeness (QED) is 0.675. The standard InChI is InChI=1S/C8H6FIN2/c1-12-4-11-7-3-5(10)2-6(9)8(7)12/h2-4H,1H3. The van der Waals surface area contributed by atoms with Gasteiger partial charge in [-0.2, -0.15) is 0 Å². The van der Waals surface area contributed by atoms with Crippen LogP contribution in [0.3, 0.4) is 0 Å². The van der Waals surface area contributed by atoms with Crippen LogP contribution in [0.25, 0.3) is 11.0 Å². The molecule has 0 N–H and O–H groups in total. The van der Waals surface area contributed by atoms with Gasteiger partial charge in [-0.3, -0.25) is 0 Å². The van der Waals surface area contributed by atoms with Gasteiger partial charge in [0.1, 0.15) is 11.3 Å². The van der Waals surface area contributed by atoms with Crippen molar-refractivity contribution in [2.75, 3.05) is 0 Å². The van der Waals surface area contributed by atoms with E-state index in [0.717, 1.165) is 3.57 Å². The predicted octanol–water partition coefficient (Wildman–Crippen LogP) is 2.32. The molecule has 0 amide bonds. The number of nitrogens with zero attached hydrogens (tertiary/aromatic N) is 2. The molecular formula is C8H6FIN2. The molecule has 0 saturated carbocycles. The maximum absolute atomic E-state index is 13.3. The summed E-state index contributed by atoms with van der Waals surface area (Å²) < 4.78 is 15.8. The molecule has 0 unspecified atom stereocenters. The molecule has 2 aromatic rings. The van der Waals surface area contributed by atoms with Crippen LogP contribution in [0, 0.1) is 9.39 Å². The van der Waals surface area contributed by atoms with Gasteiger partial charge >= 0.3 is 0 Å². The Morgan fingerprint density at radius 1 is 1.50 bits per heavy atom. The molecule has 0 radical (unpaired) electrons. The fraction of sp³-hybridized carbons (Fsp3) is 0.125. The second-order valence-corrected chi connectivity index (χ2v) is 3.86. The smallest absolute Gasteiger partial charge is 0.150 e. The minimum atomic E-state index is -0.211. The van der Waals surface area contributed by atoms with Gasteiger partial charge in [0.2, 0.25) is 0 Å². The van der Waals surface area contributed by atoms with Crippen molar-refractivity contribution < 1.29 is 4.39 Å². The zero-order chi connectivity index (χ0) is 8.72. The first-order valence-corrected chi connectivity index (χ1v) is 4.52. The van der Waals surface area contributed by atoms with Gasteiger partial charge in [0.15, 0.2) is 0 Å². The fourth-order valence-electron chi connectivity index (χ4n) is 1.21. The molecular weight excluding hydrogens is 270 g/mol. The van der Waals surface area contributed by atoms with E-state index in [-0.39, 0.29) is 5.82 Å². The normalized spacial score (nSPS) is 10.9. The second kappa shape index (κ2) is 2.69. The van der Waals surface area contributed by atoms with Crippen LogP contribution in [-0.4, -0.2) is 9.55 Å². The highest BCUT2D eigenvalue weighted by Crippen LogP contribution is 2.19. The Hall–Kier alpha value is -0.650. The lowest BCUT2D eigenvalue weighted by molar-refractivity contribution is 0.631. The maximum Gasteiger partial charge on any atom is 0.150 e. The number of rotatable bonds is 0. The lowest BCUT2D eigenvalue weighted by atomic mass is 10.3. The van der Waals surface area contributed by atoms with Crippen LogP contribution in [-0.2, 0) is 7.05 Å². The molecule has 0 bridgehead atoms. The monoisotopic (exact) mass is 276 g/mol. The van der Waals surface area contributed by atoms with Gasteiger partial charge in [-0.25, -0.2) is 9.37 Å². The van der Waals surface area contributed by atoms with Crippen molar-refractivity contribution in [2.24, 2.45) is 7.05 Å². The molecule has 0 saturated heterocycles. The van der Waals surface area contributed by atoms with Crippen molar-refractivity contribution in [3.05, 3.63) is 27.8 Å². The maximum atomic E-state index is 13.3. The summed E-state index contributed by atoms with van der Waals surface area (Å²) in [5, 5.41) is 0. The SMILES string of the molecule is Cn1cnc2cc(I)cc(F)c21. The van der Waals surface area contributed by atoms with E-state index in [4.69, 9.17) is 0 Å². The second-order valence-electron chi connectivity index (χ2n) is 2.61. The van der Waals surface area contributed by atoms with Gasteiger partial charge in [-0.1, -0.05) is 0 Å². The summed E-state index contributed by atoms with van der Waals surface area (Å²) in [6, 6.07) is 3.36. The Kier molecular flexibility index (Phi) is 1.79. The van der Waals surface area contributed by atoms with Gasteiger partial charge in [-0.15, -0.1) is 0 Å². The van der Waals surface area contributed by atoms with Crippen molar-refractivity contribution in [1.82, 2.24) is 9.55 Å². The molecule has 4 heteroatoms. The molecule has 0 atom stereocenters. The van der Waals surface area contributed by atoms with Crippen LogP contribution in [0.5, 0.6) is 0 Å². The van der Waals surface area contributed by atoms with Crippen LogP contribution in [0.4, 0.5) is 4.39 Å². The Bertz CT molecular complexity index is 436. The lowest BCUT2D eigenvalue weighted by Gasteiger charge is -1.96. The Balaban J connectivity index is 2.93. The van der Waals surface area contributed by atoms with Gasteiger partial charge in [0.05, 0.1) is 11.8 Å². The van der Waals surface area contributed by atoms with Crippen LogP contribution in [0.1, 0.15) is 0 Å². The number of hydrogen-bond acceptors (Lipinski definition) is 1. The highest BCUT2D eigenvalue weighted by Gasteiger charge is 2.06. The van der Waals surface area contributed by atoms with Crippen LogP contribution < -0.4 is 0 Å². The van der Waals surface area contributed by atoms with Crippen molar-refractivity contribution in [2.45, 2.75) is 0 Å². The summed E-state index contributed by atoms with van der Waals surface area (Å²) in [6.07, 6.45) is 1.61. The van der Waals surface area contributed by atoms with E-state index >= 15 is 0 Å². The first kappa shape index (κ1) is 7.97. The van der Waals surface area contributed by atoms with Crippen molar-refractivity contribution in [3.63, 3.8) is 0 Å². The minimum absolute atomic E-state index is 0.211. The average molecular weight is 276 g/mol. The predicted molar refractivity (Wildman–Crippen MR) is 53.4 cm³/mol. The molecule has 1 aromatic heterocycles. The summed E-state index contributed by atoms with van der Waals surface area (Å²) in [5.41, 5.74) is 1.28. The van der Waals surface area contributed by atoms with Crippen molar-refractivity contribution in [1.29, 1.82) is 0 Å².